The summed E-state index contributed by atoms with van der Waals surface area (Å²) in [7, 11) is 2.00. The van der Waals surface area contributed by atoms with Gasteiger partial charge in [0.15, 0.2) is 17.3 Å². The number of Topliss-reactive ketones (excluding diaryl/α,β-unsaturated/α-hetero) is 3. The van der Waals surface area contributed by atoms with Crippen LogP contribution < -0.4 is 32.3 Å². The van der Waals surface area contributed by atoms with Crippen molar-refractivity contribution in [2.75, 3.05) is 51.7 Å². The van der Waals surface area contributed by atoms with Gasteiger partial charge in [-0.1, -0.05) is 106 Å². The van der Waals surface area contributed by atoms with Crippen LogP contribution in [0.1, 0.15) is 198 Å². The van der Waals surface area contributed by atoms with Crippen molar-refractivity contribution in [3.05, 3.63) is 87.9 Å². The number of likely N-dealkylation sites (tertiary alicyclic amines) is 1. The van der Waals surface area contributed by atoms with Gasteiger partial charge < -0.3 is 51.8 Å². The minimum Gasteiger partial charge on any atom is -0.508 e. The highest BCUT2D eigenvalue weighted by Crippen LogP contribution is 2.34. The van der Waals surface area contributed by atoms with Crippen LogP contribution in [0, 0.1) is 35.5 Å². The second kappa shape index (κ2) is 41.5. The molecule has 1 aromatic heterocycles. The first kappa shape index (κ1) is 80.8. The number of ketones is 3. The van der Waals surface area contributed by atoms with Crippen LogP contribution in [0.3, 0.4) is 0 Å². The van der Waals surface area contributed by atoms with Gasteiger partial charge in [-0.15, -0.1) is 11.3 Å². The Bertz CT molecular complexity index is 3140. The number of aromatic hydroxyl groups is 1. The van der Waals surface area contributed by atoms with Crippen LogP contribution in [0.4, 0.5) is 15.3 Å². The number of phenols is 1. The maximum atomic E-state index is 15.0. The Morgan fingerprint density at radius 2 is 1.49 bits per heavy atom. The van der Waals surface area contributed by atoms with Gasteiger partial charge in [0, 0.05) is 105 Å². The predicted octanol–water partition coefficient (Wildman–Crippen LogP) is 9.53. The molecule has 540 valence electrons. The van der Waals surface area contributed by atoms with Crippen LogP contribution in [-0.2, 0) is 60.9 Å². The first-order chi connectivity index (χ1) is 46.7. The number of aromatic nitrogens is 1. The molecular formula is C73H108N10O14S. The second-order valence-corrected chi connectivity index (χ2v) is 27.9. The van der Waals surface area contributed by atoms with Crippen molar-refractivity contribution in [1.29, 1.82) is 0 Å². The summed E-state index contributed by atoms with van der Waals surface area (Å²) in [5, 5.41) is 26.1. The Morgan fingerprint density at radius 3 is 2.12 bits per heavy atom. The van der Waals surface area contributed by atoms with Gasteiger partial charge in [0.1, 0.15) is 29.2 Å². The first-order valence-corrected chi connectivity index (χ1v) is 36.0. The number of nitrogens with one attached hydrogen (secondary N) is 5. The molecule has 2 aliphatic rings. The van der Waals surface area contributed by atoms with Crippen molar-refractivity contribution in [2.24, 2.45) is 41.2 Å². The summed E-state index contributed by atoms with van der Waals surface area (Å²) in [5.41, 5.74) is 7.14. The number of amides is 9. The van der Waals surface area contributed by atoms with Crippen molar-refractivity contribution < 1.29 is 67.3 Å². The zero-order valence-electron chi connectivity index (χ0n) is 59.2. The number of rotatable bonds is 44. The van der Waals surface area contributed by atoms with E-state index in [9.17, 15) is 57.8 Å². The number of carbonyl (C=O) groups excluding carboxylic acids is 11. The molecule has 0 aliphatic carbocycles. The third-order valence-electron chi connectivity index (χ3n) is 18.4. The molecule has 3 aromatic rings. The Balaban J connectivity index is 1.17. The molecule has 0 radical (unpaired) electrons. The molecule has 98 heavy (non-hydrogen) atoms. The number of imide groups is 1. The average Bonchev–Trinajstić information content (AvgIpc) is 1.13. The number of nitrogens with zero attached hydrogens (tertiary/aromatic N) is 4. The summed E-state index contributed by atoms with van der Waals surface area (Å²) < 4.78 is 12.0. The zero-order valence-corrected chi connectivity index (χ0v) is 60.0. The number of anilines is 1. The average molecular weight is 1380 g/mol. The molecule has 3 heterocycles. The molecule has 0 spiro atoms. The number of unbranched alkanes of at least 4 members (excludes halogenated alkanes) is 2. The summed E-state index contributed by atoms with van der Waals surface area (Å²) in [6, 6.07) is 10.4. The van der Waals surface area contributed by atoms with Gasteiger partial charge in [-0.25, -0.2) is 14.6 Å². The normalized spacial score (nSPS) is 16.5. The van der Waals surface area contributed by atoms with Gasteiger partial charge in [-0.05, 0) is 131 Å². The van der Waals surface area contributed by atoms with Gasteiger partial charge in [0.2, 0.25) is 17.7 Å². The highest BCUT2D eigenvalue weighted by atomic mass is 32.1. The quantitative estimate of drug-likeness (QED) is 0.0205. The summed E-state index contributed by atoms with van der Waals surface area (Å²) in [5.74, 6) is -4.78. The Morgan fingerprint density at radius 1 is 0.796 bits per heavy atom. The number of carbonyl (C=O) groups is 11. The van der Waals surface area contributed by atoms with E-state index in [0.29, 0.717) is 67.9 Å². The summed E-state index contributed by atoms with van der Waals surface area (Å²) in [4.78, 5) is 156. The van der Waals surface area contributed by atoms with Crippen LogP contribution in [-0.4, -0.2) is 160 Å². The van der Waals surface area contributed by atoms with Crippen molar-refractivity contribution in [1.82, 2.24) is 41.0 Å². The lowest BCUT2D eigenvalue weighted by Gasteiger charge is -2.40. The number of hydrogen-bond donors (Lipinski definition) is 7. The fourth-order valence-corrected chi connectivity index (χ4v) is 13.3. The minimum atomic E-state index is -0.885. The van der Waals surface area contributed by atoms with E-state index in [0.717, 1.165) is 55.5 Å². The lowest BCUT2D eigenvalue weighted by Crippen LogP contribution is -2.50. The monoisotopic (exact) mass is 1380 g/mol. The van der Waals surface area contributed by atoms with E-state index in [-0.39, 0.29) is 141 Å². The number of phenolic OH excluding ortho intramolecular Hbond substituents is 1. The molecule has 2 aromatic carbocycles. The molecule has 8 N–H and O–H groups in total. The van der Waals surface area contributed by atoms with Gasteiger partial charge >= 0.3 is 12.1 Å². The molecule has 25 heteroatoms. The molecule has 2 aliphatic heterocycles. The number of primary amides is 1. The zero-order chi connectivity index (χ0) is 72.0. The second-order valence-electron chi connectivity index (χ2n) is 27.0. The topological polar surface area (TPSA) is 335 Å². The van der Waals surface area contributed by atoms with Crippen LogP contribution >= 0.6 is 11.3 Å². The van der Waals surface area contributed by atoms with Crippen LogP contribution in [0.2, 0.25) is 0 Å². The lowest BCUT2D eigenvalue weighted by atomic mass is 9.82. The molecule has 0 unspecified atom stereocenters. The van der Waals surface area contributed by atoms with E-state index in [1.165, 1.54) is 23.5 Å². The number of urea groups is 1. The van der Waals surface area contributed by atoms with Gasteiger partial charge in [-0.2, -0.15) is 0 Å². The number of likely N-dealkylation sites (N-methyl/N-ethyl adjacent to an activating group) is 1. The molecule has 0 bridgehead atoms. The number of piperidine rings is 1. The largest absolute Gasteiger partial charge is 0.508 e. The third kappa shape index (κ3) is 26.4. The molecular weight excluding hydrogens is 1270 g/mol. The highest BCUT2D eigenvalue weighted by molar-refractivity contribution is 7.09. The van der Waals surface area contributed by atoms with E-state index >= 15 is 0 Å². The SMILES string of the molecule is CCCO[C@H](C[C@H](C(C)C)N(CCC)C(=O)[C@@H](CC(=O)[C@H]1CCCCN1C)[C@@H](C)CC)c1nc(C(=O)N[C@@H](Cc2ccc(O)cc2)C[C@H](C)C(=O)CNC(=O)OCc2ccc(NC(=O)[C@H](CCCNC(N)=O)CC(=O)[C@@H](NC(=O)CCCCCN3C(=O)C=CC3=O)C(C)C)cc2)cs1. The molecule has 24 nitrogen and oxygen atoms in total. The van der Waals surface area contributed by atoms with E-state index < -0.39 is 59.9 Å². The summed E-state index contributed by atoms with van der Waals surface area (Å²) in [6.45, 7) is 19.3. The van der Waals surface area contributed by atoms with Gasteiger partial charge in [-0.3, -0.25) is 53.0 Å². The van der Waals surface area contributed by atoms with E-state index in [2.05, 4.69) is 66.1 Å². The summed E-state index contributed by atoms with van der Waals surface area (Å²) >= 11 is 1.30. The predicted molar refractivity (Wildman–Crippen MR) is 375 cm³/mol. The standard InChI is InChI=1S/C73H108N10O14S/c1-11-34-82(71(93)56(48(8)13-3)41-60(85)58-21-16-18-35-81(58)10)59(46(4)5)42-63(96-37-12-2)70-79-57(45-98-70)69(92)78-54(39-50-25-29-55(84)30-26-50)38-49(9)62(87)43-76-73(95)97-44-51-23-27-53(28-24-51)77-68(91)52(20-19-33-75-72(74)94)40-61(86)67(47(6)7)80-64(88)22-15-14-17-36-83-65(89)31-32-66(83)90/h23-32,45-49,52,54,56,58-59,63,67,84H,11-22,33-44H2,1-10H3,(H,76,95)(H,77,91)(H,78,92)(H,80,88)(H3,74,75,94)/t48-,49-,52+,54+,56-,58+,59+,63+,67-/m0/s1. The maximum Gasteiger partial charge on any atom is 0.407 e. The molecule has 1 saturated heterocycles. The Hall–Kier alpha value is -7.90. The van der Waals surface area contributed by atoms with E-state index in [1.54, 1.807) is 74.7 Å². The van der Waals surface area contributed by atoms with Crippen molar-refractivity contribution in [3.8, 4) is 5.75 Å². The van der Waals surface area contributed by atoms with E-state index in [4.69, 9.17) is 20.2 Å². The number of ether oxygens (including phenoxy) is 2. The van der Waals surface area contributed by atoms with Crippen molar-refractivity contribution >= 4 is 81.9 Å². The van der Waals surface area contributed by atoms with Gasteiger partial charge in [0.25, 0.3) is 17.7 Å². The minimum absolute atomic E-state index is 0.00941. The summed E-state index contributed by atoms with van der Waals surface area (Å²) in [6.07, 6.45) is 9.19. The number of benzene rings is 2. The number of nitrogens with two attached hydrogens (primary N) is 1. The third-order valence-corrected chi connectivity index (χ3v) is 19.4. The van der Waals surface area contributed by atoms with Crippen LogP contribution in [0.5, 0.6) is 5.75 Å². The Labute approximate surface area is 582 Å². The lowest BCUT2D eigenvalue weighted by molar-refractivity contribution is -0.145. The van der Waals surface area contributed by atoms with Crippen LogP contribution in [0.25, 0.3) is 0 Å². The molecule has 1 fully saturated rings. The van der Waals surface area contributed by atoms with Gasteiger partial charge in [0.05, 0.1) is 18.6 Å². The highest BCUT2D eigenvalue weighted by Gasteiger charge is 2.39. The fraction of sp³-hybridized carbons (Fsp3) is 0.616. The first-order valence-electron chi connectivity index (χ1n) is 35.1. The van der Waals surface area contributed by atoms with Crippen molar-refractivity contribution in [3.63, 3.8) is 0 Å². The smallest absolute Gasteiger partial charge is 0.407 e. The van der Waals surface area contributed by atoms with Crippen LogP contribution in [0.15, 0.2) is 66.1 Å². The molecule has 9 amide bonds. The molecule has 0 saturated carbocycles. The number of alkyl carbamates (subject to hydrolysis) is 1. The number of thiazole rings is 1. The maximum absolute atomic E-state index is 15.0. The van der Waals surface area contributed by atoms with E-state index in [1.807, 2.05) is 18.9 Å². The molecule has 5 rings (SSSR count). The molecule has 9 atom stereocenters. The fourth-order valence-electron chi connectivity index (χ4n) is 12.5. The number of hydrogen-bond acceptors (Lipinski definition) is 17. The van der Waals surface area contributed by atoms with Crippen molar-refractivity contribution in [2.45, 2.75) is 208 Å². The Kier molecular flexibility index (Phi) is 34.2.